The van der Waals surface area contributed by atoms with Crippen LogP contribution in [0.4, 0.5) is 5.95 Å². The van der Waals surface area contributed by atoms with E-state index >= 15 is 0 Å². The Bertz CT molecular complexity index is 754. The minimum Gasteiger partial charge on any atom is -0.375 e. The summed E-state index contributed by atoms with van der Waals surface area (Å²) in [5, 5.41) is 12.7. The van der Waals surface area contributed by atoms with Gasteiger partial charge in [-0.2, -0.15) is 0 Å². The smallest absolute Gasteiger partial charge is 0.248 e. The van der Waals surface area contributed by atoms with Gasteiger partial charge in [0.15, 0.2) is 0 Å². The Morgan fingerprint density at radius 1 is 1.33 bits per heavy atom. The lowest BCUT2D eigenvalue weighted by atomic mass is 10.1. The van der Waals surface area contributed by atoms with E-state index in [-0.39, 0.29) is 42.8 Å². The van der Waals surface area contributed by atoms with Crippen molar-refractivity contribution in [3.63, 3.8) is 0 Å². The molecule has 0 spiro atoms. The third-order valence-corrected chi connectivity index (χ3v) is 4.01. The van der Waals surface area contributed by atoms with Crippen molar-refractivity contribution in [2.24, 2.45) is 0 Å². The molecule has 2 heterocycles. The highest BCUT2D eigenvalue weighted by Crippen LogP contribution is 2.07. The molecule has 1 aromatic carbocycles. The lowest BCUT2D eigenvalue weighted by Crippen LogP contribution is -2.53. The van der Waals surface area contributed by atoms with E-state index in [1.165, 1.54) is 11.0 Å². The van der Waals surface area contributed by atoms with Gasteiger partial charge in [0.25, 0.3) is 0 Å². The molecule has 3 rings (SSSR count). The van der Waals surface area contributed by atoms with Crippen molar-refractivity contribution in [1.29, 1.82) is 0 Å². The van der Waals surface area contributed by atoms with Crippen LogP contribution < -0.4 is 16.0 Å². The van der Waals surface area contributed by atoms with E-state index in [1.54, 1.807) is 0 Å². The number of amides is 2. The van der Waals surface area contributed by atoms with Crippen LogP contribution in [0.15, 0.2) is 36.7 Å². The van der Waals surface area contributed by atoms with Crippen molar-refractivity contribution in [1.82, 2.24) is 25.4 Å². The first-order chi connectivity index (χ1) is 12.6. The molecule has 0 saturated carbocycles. The van der Waals surface area contributed by atoms with E-state index in [1.807, 2.05) is 37.3 Å². The quantitative estimate of drug-likeness (QED) is 0.651. The number of rotatable bonds is 6. The van der Waals surface area contributed by atoms with Crippen molar-refractivity contribution in [3.8, 4) is 0 Å². The third-order valence-electron chi connectivity index (χ3n) is 4.01. The van der Waals surface area contributed by atoms with Crippen LogP contribution in [-0.2, 0) is 27.4 Å². The summed E-state index contributed by atoms with van der Waals surface area (Å²) in [6.45, 7) is 3.50. The highest BCUT2D eigenvalue weighted by Gasteiger charge is 2.28. The molecule has 10 heteroatoms. The summed E-state index contributed by atoms with van der Waals surface area (Å²) in [7, 11) is 0. The fourth-order valence-electron chi connectivity index (χ4n) is 2.64. The zero-order valence-electron chi connectivity index (χ0n) is 14.9. The van der Waals surface area contributed by atoms with E-state index < -0.39 is 6.04 Å². The number of carbonyl (C=O) groups excluding carboxylic acids is 2. The molecule has 1 aliphatic heterocycles. The van der Waals surface area contributed by atoms with Crippen LogP contribution >= 0.6 is 12.4 Å². The summed E-state index contributed by atoms with van der Waals surface area (Å²) in [5.41, 5.74) is 1.02. The number of nitrogens with one attached hydrogen (secondary N) is 3. The third kappa shape index (κ3) is 6.02. The van der Waals surface area contributed by atoms with Gasteiger partial charge >= 0.3 is 0 Å². The number of aromatic nitrogens is 3. The fourth-order valence-corrected chi connectivity index (χ4v) is 2.64. The van der Waals surface area contributed by atoms with Gasteiger partial charge in [0.05, 0.1) is 12.7 Å². The second-order valence-corrected chi connectivity index (χ2v) is 6.03. The van der Waals surface area contributed by atoms with Gasteiger partial charge in [-0.25, -0.2) is 9.67 Å². The molecular formula is C17H23ClN6O3. The fraction of sp³-hybridized carbons (Fsp3) is 0.412. The molecule has 27 heavy (non-hydrogen) atoms. The van der Waals surface area contributed by atoms with Crippen LogP contribution in [-0.4, -0.2) is 51.9 Å². The molecule has 3 N–H and O–H groups in total. The topological polar surface area (TPSA) is 110 Å². The molecule has 9 nitrogen and oxygen atoms in total. The number of hydrogen-bond donors (Lipinski definition) is 3. The molecule has 0 unspecified atom stereocenters. The highest BCUT2D eigenvalue weighted by atomic mass is 35.5. The van der Waals surface area contributed by atoms with Crippen molar-refractivity contribution in [2.75, 3.05) is 18.5 Å². The molecule has 1 aliphatic rings. The Balaban J connectivity index is 0.00000261. The molecule has 0 bridgehead atoms. The number of nitrogens with zero attached hydrogens (tertiary/aromatic N) is 3. The number of anilines is 1. The Labute approximate surface area is 163 Å². The molecule has 2 amide bonds. The summed E-state index contributed by atoms with van der Waals surface area (Å²) in [4.78, 5) is 28.3. The molecular weight excluding hydrogens is 372 g/mol. The van der Waals surface area contributed by atoms with Gasteiger partial charge in [-0.3, -0.25) is 14.9 Å². The van der Waals surface area contributed by atoms with Crippen LogP contribution in [0.2, 0.25) is 0 Å². The van der Waals surface area contributed by atoms with Crippen LogP contribution in [0, 0.1) is 0 Å². The van der Waals surface area contributed by atoms with E-state index in [2.05, 4.69) is 26.0 Å². The van der Waals surface area contributed by atoms with E-state index in [0.717, 1.165) is 5.56 Å². The Kier molecular flexibility index (Phi) is 7.71. The number of halogens is 1. The molecule has 1 aromatic heterocycles. The van der Waals surface area contributed by atoms with Gasteiger partial charge in [-0.15, -0.1) is 17.5 Å². The lowest BCUT2D eigenvalue weighted by molar-refractivity contribution is -0.124. The first-order valence-electron chi connectivity index (χ1n) is 8.48. The lowest BCUT2D eigenvalue weighted by Gasteiger charge is -2.28. The normalized spacial score (nSPS) is 19.0. The maximum absolute atomic E-state index is 12.2. The van der Waals surface area contributed by atoms with Gasteiger partial charge in [0.2, 0.25) is 17.8 Å². The average molecular weight is 395 g/mol. The second kappa shape index (κ2) is 10.0. The van der Waals surface area contributed by atoms with Gasteiger partial charge in [0, 0.05) is 13.1 Å². The minimum atomic E-state index is -0.454. The van der Waals surface area contributed by atoms with Gasteiger partial charge < -0.3 is 15.4 Å². The first-order valence-corrected chi connectivity index (χ1v) is 8.48. The first kappa shape index (κ1) is 20.8. The summed E-state index contributed by atoms with van der Waals surface area (Å²) < 4.78 is 6.83. The van der Waals surface area contributed by atoms with Crippen LogP contribution in [0.1, 0.15) is 12.5 Å². The van der Waals surface area contributed by atoms with Gasteiger partial charge in [0.1, 0.15) is 18.9 Å². The summed E-state index contributed by atoms with van der Waals surface area (Å²) in [6, 6.07) is 9.18. The second-order valence-electron chi connectivity index (χ2n) is 6.03. The Morgan fingerprint density at radius 3 is 2.85 bits per heavy atom. The number of morpholine rings is 1. The Morgan fingerprint density at radius 2 is 2.11 bits per heavy atom. The Hall–Kier alpha value is -2.49. The minimum absolute atomic E-state index is 0. The molecule has 146 valence electrons. The molecule has 2 aromatic rings. The average Bonchev–Trinajstić information content (AvgIpc) is 3.08. The van der Waals surface area contributed by atoms with Gasteiger partial charge in [-0.05, 0) is 12.5 Å². The van der Waals surface area contributed by atoms with Crippen molar-refractivity contribution >= 4 is 30.2 Å². The maximum atomic E-state index is 12.2. The zero-order valence-corrected chi connectivity index (χ0v) is 15.7. The highest BCUT2D eigenvalue weighted by molar-refractivity contribution is 5.93. The monoisotopic (exact) mass is 394 g/mol. The number of carbonyl (C=O) groups is 2. The SMILES string of the molecule is C[C@H]1OCCN[C@@H]1C(=O)Nc1ncn(CC(=O)NCc2ccccc2)n1.Cl. The molecule has 2 atom stereocenters. The number of hydrogen-bond acceptors (Lipinski definition) is 6. The summed E-state index contributed by atoms with van der Waals surface area (Å²) >= 11 is 0. The molecule has 0 aliphatic carbocycles. The van der Waals surface area contributed by atoms with Crippen molar-refractivity contribution < 1.29 is 14.3 Å². The number of ether oxygens (including phenoxy) is 1. The molecule has 0 radical (unpaired) electrons. The maximum Gasteiger partial charge on any atom is 0.248 e. The van der Waals surface area contributed by atoms with E-state index in [9.17, 15) is 9.59 Å². The van der Waals surface area contributed by atoms with Gasteiger partial charge in [-0.1, -0.05) is 30.3 Å². The molecule has 1 fully saturated rings. The van der Waals surface area contributed by atoms with Crippen LogP contribution in [0.5, 0.6) is 0 Å². The van der Waals surface area contributed by atoms with Crippen molar-refractivity contribution in [3.05, 3.63) is 42.2 Å². The van der Waals surface area contributed by atoms with Crippen molar-refractivity contribution in [2.45, 2.75) is 32.2 Å². The summed E-state index contributed by atoms with van der Waals surface area (Å²) in [5.74, 6) is -0.290. The predicted octanol–water partition coefficient (Wildman–Crippen LogP) is 0.332. The largest absolute Gasteiger partial charge is 0.375 e. The summed E-state index contributed by atoms with van der Waals surface area (Å²) in [6.07, 6.45) is 1.18. The van der Waals surface area contributed by atoms with E-state index in [0.29, 0.717) is 19.7 Å². The standard InChI is InChI=1S/C17H22N6O3.ClH/c1-12-15(18-7-8-26-12)16(25)21-17-20-11-23(22-17)10-14(24)19-9-13-5-3-2-4-6-13;/h2-6,11-12,15,18H,7-10H2,1H3,(H,19,24)(H,21,22,25);1H/t12-,15+;/m1./s1. The number of benzene rings is 1. The van der Waals surface area contributed by atoms with E-state index in [4.69, 9.17) is 4.74 Å². The predicted molar refractivity (Wildman–Crippen MR) is 101 cm³/mol. The zero-order chi connectivity index (χ0) is 18.4. The van der Waals surface area contributed by atoms with Crippen LogP contribution in [0.3, 0.4) is 0 Å². The van der Waals surface area contributed by atoms with Crippen LogP contribution in [0.25, 0.3) is 0 Å². The molecule has 1 saturated heterocycles.